The van der Waals surface area contributed by atoms with Gasteiger partial charge in [0.2, 0.25) is 6.41 Å². The second kappa shape index (κ2) is 11.0. The molecule has 0 aliphatic carbocycles. The summed E-state index contributed by atoms with van der Waals surface area (Å²) in [6.07, 6.45) is 2.64. The zero-order valence-corrected chi connectivity index (χ0v) is 21.5. The fraction of sp³-hybridized carbons (Fsp3) is 0.440. The van der Waals surface area contributed by atoms with Gasteiger partial charge in [-0.15, -0.1) is 11.4 Å². The van der Waals surface area contributed by atoms with Crippen molar-refractivity contribution in [3.63, 3.8) is 0 Å². The third-order valence-corrected chi connectivity index (χ3v) is 6.80. The molecule has 180 valence electrons. The predicted molar refractivity (Wildman–Crippen MR) is 138 cm³/mol. The number of aromatic nitrogens is 2. The van der Waals surface area contributed by atoms with Crippen LogP contribution >= 0.6 is 11.4 Å². The maximum absolute atomic E-state index is 11.9. The highest BCUT2D eigenvalue weighted by Gasteiger charge is 2.18. The number of rotatable bonds is 8. The molecular weight excluding hydrogens is 436 g/mol. The van der Waals surface area contributed by atoms with Gasteiger partial charge in [0.05, 0.1) is 6.54 Å². The first kappa shape index (κ1) is 26.7. The standard InChI is InChI=1S/C25H36N4O3S/c1-15-10-20(25(5,6)7)11-16(2)22(15)24(32)33-21(8-9-30)17(3)29(14-31)13-19-12-27-18(4)28-23(19)26/h10-12,14,30,32-33H,8-9,13H2,1-7H3,(H2,26,27,28)/b21-17-. The molecule has 0 aliphatic heterocycles. The number of hydrogen-bond acceptors (Lipinski definition) is 5. The summed E-state index contributed by atoms with van der Waals surface area (Å²) in [5.41, 5.74) is 11.3. The summed E-state index contributed by atoms with van der Waals surface area (Å²) >= 11 is 0.540. The Balaban J connectivity index is 2.49. The van der Waals surface area contributed by atoms with E-state index in [9.17, 15) is 15.0 Å². The van der Waals surface area contributed by atoms with Crippen molar-refractivity contribution in [1.29, 1.82) is 0 Å². The number of anilines is 1. The van der Waals surface area contributed by atoms with Crippen molar-refractivity contribution >= 4 is 28.6 Å². The Bertz CT molecular complexity index is 1060. The van der Waals surface area contributed by atoms with Crippen molar-refractivity contribution < 1.29 is 15.0 Å². The first-order valence-corrected chi connectivity index (χ1v) is 11.8. The van der Waals surface area contributed by atoms with Gasteiger partial charge in [-0.2, -0.15) is 0 Å². The van der Waals surface area contributed by atoms with Crippen LogP contribution in [0.15, 0.2) is 28.9 Å². The molecule has 1 heterocycles. The fourth-order valence-electron chi connectivity index (χ4n) is 3.58. The van der Waals surface area contributed by atoms with Gasteiger partial charge in [0.15, 0.2) is 0 Å². The predicted octanol–water partition coefficient (Wildman–Crippen LogP) is 4.06. The van der Waals surface area contributed by atoms with Crippen LogP contribution in [0.2, 0.25) is 0 Å². The average molecular weight is 473 g/mol. The highest BCUT2D eigenvalue weighted by atomic mass is 32.1. The minimum atomic E-state index is -0.101. The third kappa shape index (κ3) is 6.72. The van der Waals surface area contributed by atoms with E-state index in [1.807, 2.05) is 13.8 Å². The molecule has 1 aromatic carbocycles. The first-order valence-electron chi connectivity index (χ1n) is 10.9. The van der Waals surface area contributed by atoms with Gasteiger partial charge in [-0.3, -0.25) is 4.79 Å². The van der Waals surface area contributed by atoms with Crippen molar-refractivity contribution in [2.24, 2.45) is 0 Å². The van der Waals surface area contributed by atoms with Crippen LogP contribution in [0.4, 0.5) is 5.82 Å². The maximum Gasteiger partial charge on any atom is 0.214 e. The van der Waals surface area contributed by atoms with E-state index in [1.54, 1.807) is 20.0 Å². The molecule has 33 heavy (non-hydrogen) atoms. The number of aryl methyl sites for hydroxylation is 3. The molecule has 2 rings (SSSR count). The number of amides is 1. The van der Waals surface area contributed by atoms with E-state index in [-0.39, 0.29) is 23.6 Å². The summed E-state index contributed by atoms with van der Waals surface area (Å²) in [6, 6.07) is 4.21. The van der Waals surface area contributed by atoms with Crippen LogP contribution in [0.25, 0.3) is 0 Å². The number of aliphatic hydroxyl groups excluding tert-OH is 2. The number of benzene rings is 1. The second-order valence-corrected chi connectivity index (χ2v) is 10.4. The fourth-order valence-corrected chi connectivity index (χ4v) is 4.80. The SMILES string of the molecule is C/C(=C(CCO)/[SH]=C(\O)c1c(C)cc(C(C)(C)C)cc1C)N(C=O)Cc1cnc(C)nc1N. The number of hydrogen-bond donors (Lipinski definition) is 4. The molecular formula is C25H36N4O3S. The molecule has 1 amide bonds. The van der Waals surface area contributed by atoms with Crippen molar-refractivity contribution in [3.8, 4) is 0 Å². The van der Waals surface area contributed by atoms with Crippen molar-refractivity contribution in [1.82, 2.24) is 14.9 Å². The lowest BCUT2D eigenvalue weighted by Gasteiger charge is -2.23. The van der Waals surface area contributed by atoms with Crippen LogP contribution in [-0.2, 0) is 16.8 Å². The second-order valence-electron chi connectivity index (χ2n) is 9.24. The van der Waals surface area contributed by atoms with E-state index < -0.39 is 0 Å². The lowest BCUT2D eigenvalue weighted by atomic mass is 9.84. The normalized spacial score (nSPS) is 13.3. The van der Waals surface area contributed by atoms with E-state index in [2.05, 4.69) is 42.9 Å². The molecule has 0 atom stereocenters. The minimum Gasteiger partial charge on any atom is -0.396 e. The number of nitrogen functional groups attached to an aromatic ring is 1. The van der Waals surface area contributed by atoms with Crippen LogP contribution in [-0.4, -0.2) is 43.1 Å². The van der Waals surface area contributed by atoms with Crippen LogP contribution in [0.5, 0.6) is 0 Å². The van der Waals surface area contributed by atoms with Crippen molar-refractivity contribution in [2.75, 3.05) is 12.3 Å². The monoisotopic (exact) mass is 472 g/mol. The van der Waals surface area contributed by atoms with Crippen LogP contribution in [0, 0.1) is 20.8 Å². The Hall–Kier alpha value is -2.55. The van der Waals surface area contributed by atoms with Gasteiger partial charge in [-0.05, 0) is 49.8 Å². The first-order chi connectivity index (χ1) is 15.4. The van der Waals surface area contributed by atoms with Gasteiger partial charge in [-0.25, -0.2) is 9.97 Å². The summed E-state index contributed by atoms with van der Waals surface area (Å²) < 4.78 is 0. The summed E-state index contributed by atoms with van der Waals surface area (Å²) in [7, 11) is 0. The number of thiol groups is 1. The average Bonchev–Trinajstić information content (AvgIpc) is 2.71. The van der Waals surface area contributed by atoms with Crippen LogP contribution in [0.1, 0.15) is 67.8 Å². The zero-order valence-electron chi connectivity index (χ0n) is 20.6. The Morgan fingerprint density at radius 1 is 1.21 bits per heavy atom. The molecule has 2 aromatic rings. The number of aliphatic hydroxyl groups is 2. The molecule has 0 fully saturated rings. The maximum atomic E-state index is 11.9. The summed E-state index contributed by atoms with van der Waals surface area (Å²) in [5, 5.41) is 20.9. The Morgan fingerprint density at radius 3 is 2.30 bits per heavy atom. The smallest absolute Gasteiger partial charge is 0.214 e. The summed E-state index contributed by atoms with van der Waals surface area (Å²) in [5.74, 6) is 0.881. The van der Waals surface area contributed by atoms with Gasteiger partial charge in [-0.1, -0.05) is 32.9 Å². The number of carbonyl (C=O) groups is 1. The van der Waals surface area contributed by atoms with Crippen molar-refractivity contribution in [3.05, 3.63) is 62.6 Å². The topological polar surface area (TPSA) is 113 Å². The molecule has 0 saturated heterocycles. The molecule has 0 spiro atoms. The summed E-state index contributed by atoms with van der Waals surface area (Å²) in [6.45, 7) is 14.1. The molecule has 7 nitrogen and oxygen atoms in total. The van der Waals surface area contributed by atoms with E-state index in [0.717, 1.165) is 21.6 Å². The zero-order chi connectivity index (χ0) is 24.9. The quantitative estimate of drug-likeness (QED) is 0.262. The van der Waals surface area contributed by atoms with E-state index in [4.69, 9.17) is 5.73 Å². The highest BCUT2D eigenvalue weighted by Crippen LogP contribution is 2.29. The van der Waals surface area contributed by atoms with E-state index in [1.165, 1.54) is 10.5 Å². The number of allylic oxidation sites excluding steroid dienone is 1. The van der Waals surface area contributed by atoms with E-state index in [0.29, 0.717) is 47.1 Å². The molecule has 0 radical (unpaired) electrons. The minimum absolute atomic E-state index is 0.00588. The molecule has 1 aromatic heterocycles. The van der Waals surface area contributed by atoms with Gasteiger partial charge in [0.25, 0.3) is 0 Å². The lowest BCUT2D eigenvalue weighted by molar-refractivity contribution is -0.116. The van der Waals surface area contributed by atoms with Crippen molar-refractivity contribution in [2.45, 2.75) is 66.8 Å². The Kier molecular flexibility index (Phi) is 8.94. The molecule has 0 unspecified atom stereocenters. The lowest BCUT2D eigenvalue weighted by Crippen LogP contribution is -2.22. The highest BCUT2D eigenvalue weighted by molar-refractivity contribution is 8.02. The van der Waals surface area contributed by atoms with E-state index >= 15 is 0 Å². The van der Waals surface area contributed by atoms with Gasteiger partial charge >= 0.3 is 0 Å². The molecule has 8 heteroatoms. The third-order valence-electron chi connectivity index (χ3n) is 5.55. The Labute approximate surface area is 200 Å². The number of nitrogens with two attached hydrogens (primary N) is 1. The summed E-state index contributed by atoms with van der Waals surface area (Å²) in [4.78, 5) is 22.5. The van der Waals surface area contributed by atoms with Crippen LogP contribution in [0.3, 0.4) is 0 Å². The van der Waals surface area contributed by atoms with Gasteiger partial charge in [0.1, 0.15) is 16.7 Å². The molecule has 0 bridgehead atoms. The molecule has 4 N–H and O–H groups in total. The number of nitrogens with zero attached hydrogens (tertiary/aromatic N) is 3. The van der Waals surface area contributed by atoms with Gasteiger partial charge < -0.3 is 20.8 Å². The Morgan fingerprint density at radius 2 is 1.82 bits per heavy atom. The largest absolute Gasteiger partial charge is 0.396 e. The number of carbonyl (C=O) groups excluding carboxylic acids is 1. The van der Waals surface area contributed by atoms with Crippen LogP contribution < -0.4 is 5.73 Å². The molecule has 0 aliphatic rings. The molecule has 0 saturated carbocycles. The van der Waals surface area contributed by atoms with Gasteiger partial charge in [0, 0.05) is 41.0 Å².